The molecular formula is C11H13BrO6. The Hall–Kier alpha value is -1.37. The van der Waals surface area contributed by atoms with Crippen molar-refractivity contribution in [2.75, 3.05) is 5.33 Å². The Balaban J connectivity index is 2.81. The lowest BCUT2D eigenvalue weighted by Crippen LogP contribution is -2.43. The van der Waals surface area contributed by atoms with E-state index in [1.165, 1.54) is 26.0 Å². The zero-order valence-corrected chi connectivity index (χ0v) is 11.5. The Labute approximate surface area is 112 Å². The molecule has 0 aromatic heterocycles. The number of rotatable bonds is 5. The van der Waals surface area contributed by atoms with Gasteiger partial charge in [-0.15, -0.1) is 0 Å². The molecule has 0 radical (unpaired) electrons. The number of carbonyl (C=O) groups excluding carboxylic acids is 3. The summed E-state index contributed by atoms with van der Waals surface area (Å²) in [5.74, 6) is -1.58. The third-order valence-corrected chi connectivity index (χ3v) is 2.77. The molecule has 0 amide bonds. The van der Waals surface area contributed by atoms with Crippen molar-refractivity contribution in [3.05, 3.63) is 12.2 Å². The van der Waals surface area contributed by atoms with Crippen molar-refractivity contribution in [1.82, 2.24) is 0 Å². The number of ether oxygens (including phenoxy) is 3. The van der Waals surface area contributed by atoms with Crippen molar-refractivity contribution < 1.29 is 28.6 Å². The first-order valence-electron chi connectivity index (χ1n) is 5.23. The molecule has 1 heterocycles. The summed E-state index contributed by atoms with van der Waals surface area (Å²) in [5, 5.41) is 0.256. The number of hydrogen-bond donors (Lipinski definition) is 0. The summed E-state index contributed by atoms with van der Waals surface area (Å²) in [6.07, 6.45) is 0.360. The molecule has 0 bridgehead atoms. The van der Waals surface area contributed by atoms with Gasteiger partial charge in [0, 0.05) is 25.3 Å². The van der Waals surface area contributed by atoms with E-state index in [2.05, 4.69) is 15.9 Å². The van der Waals surface area contributed by atoms with E-state index in [0.29, 0.717) is 0 Å². The second kappa shape index (κ2) is 6.53. The monoisotopic (exact) mass is 320 g/mol. The van der Waals surface area contributed by atoms with Gasteiger partial charge in [0.15, 0.2) is 18.3 Å². The first kappa shape index (κ1) is 14.7. The van der Waals surface area contributed by atoms with Gasteiger partial charge in [-0.25, -0.2) is 4.79 Å². The number of carbonyl (C=O) groups is 3. The lowest BCUT2D eigenvalue weighted by Gasteiger charge is -2.27. The third kappa shape index (κ3) is 4.14. The molecule has 3 atom stereocenters. The second-order valence-corrected chi connectivity index (χ2v) is 4.28. The minimum atomic E-state index is -0.867. The summed E-state index contributed by atoms with van der Waals surface area (Å²) in [7, 11) is 0. The van der Waals surface area contributed by atoms with Gasteiger partial charge in [0.1, 0.15) is 0 Å². The smallest absolute Gasteiger partial charge is 0.331 e. The maximum absolute atomic E-state index is 11.1. The maximum Gasteiger partial charge on any atom is 0.331 e. The zero-order chi connectivity index (χ0) is 13.7. The van der Waals surface area contributed by atoms with Gasteiger partial charge in [-0.2, -0.15) is 0 Å². The van der Waals surface area contributed by atoms with E-state index in [1.807, 2.05) is 0 Å². The minimum absolute atomic E-state index is 0.256. The topological polar surface area (TPSA) is 78.9 Å². The van der Waals surface area contributed by atoms with Gasteiger partial charge in [-0.05, 0) is 6.08 Å². The van der Waals surface area contributed by atoms with Gasteiger partial charge in [0.25, 0.3) is 0 Å². The van der Waals surface area contributed by atoms with Crippen molar-refractivity contribution in [3.63, 3.8) is 0 Å². The Morgan fingerprint density at radius 3 is 2.39 bits per heavy atom. The number of esters is 3. The molecule has 0 aromatic rings. The average molecular weight is 321 g/mol. The summed E-state index contributed by atoms with van der Waals surface area (Å²) in [5.41, 5.74) is 0. The van der Waals surface area contributed by atoms with Crippen molar-refractivity contribution in [1.29, 1.82) is 0 Å². The molecule has 0 N–H and O–H groups in total. The van der Waals surface area contributed by atoms with E-state index < -0.39 is 36.2 Å². The highest BCUT2D eigenvalue weighted by atomic mass is 79.9. The lowest BCUT2D eigenvalue weighted by atomic mass is 10.1. The van der Waals surface area contributed by atoms with Crippen LogP contribution >= 0.6 is 15.9 Å². The summed E-state index contributed by atoms with van der Waals surface area (Å²) in [6, 6.07) is 0. The number of cyclic esters (lactones) is 1. The van der Waals surface area contributed by atoms with Crippen LogP contribution in [0.1, 0.15) is 13.8 Å². The van der Waals surface area contributed by atoms with Crippen LogP contribution in [-0.2, 0) is 28.6 Å². The van der Waals surface area contributed by atoms with Gasteiger partial charge in [-0.3, -0.25) is 9.59 Å². The normalized spacial score (nSPS) is 21.1. The first-order chi connectivity index (χ1) is 8.43. The highest BCUT2D eigenvalue weighted by Crippen LogP contribution is 2.19. The Kier molecular flexibility index (Phi) is 5.33. The van der Waals surface area contributed by atoms with Crippen LogP contribution in [0.2, 0.25) is 0 Å². The third-order valence-electron chi connectivity index (χ3n) is 2.14. The highest BCUT2D eigenvalue weighted by molar-refractivity contribution is 9.09. The van der Waals surface area contributed by atoms with Gasteiger partial charge in [0.05, 0.1) is 0 Å². The van der Waals surface area contributed by atoms with Crippen LogP contribution in [0, 0.1) is 0 Å². The van der Waals surface area contributed by atoms with E-state index in [1.54, 1.807) is 0 Å². The summed E-state index contributed by atoms with van der Waals surface area (Å²) >= 11 is 3.16. The fourth-order valence-electron chi connectivity index (χ4n) is 1.51. The quantitative estimate of drug-likeness (QED) is 0.422. The summed E-state index contributed by atoms with van der Waals surface area (Å²) in [4.78, 5) is 33.0. The minimum Gasteiger partial charge on any atom is -0.458 e. The summed E-state index contributed by atoms with van der Waals surface area (Å²) < 4.78 is 15.0. The molecule has 18 heavy (non-hydrogen) atoms. The van der Waals surface area contributed by atoms with Gasteiger partial charge < -0.3 is 14.2 Å². The second-order valence-electron chi connectivity index (χ2n) is 3.64. The molecule has 0 fully saturated rings. The fraction of sp³-hybridized carbons (Fsp3) is 0.545. The van der Waals surface area contributed by atoms with Crippen molar-refractivity contribution >= 4 is 33.8 Å². The van der Waals surface area contributed by atoms with E-state index in [4.69, 9.17) is 14.2 Å². The number of halogens is 1. The molecular weight excluding hydrogens is 308 g/mol. The van der Waals surface area contributed by atoms with E-state index in [0.717, 1.165) is 0 Å². The number of hydrogen-bond acceptors (Lipinski definition) is 6. The molecule has 0 aliphatic carbocycles. The average Bonchev–Trinajstić information content (AvgIpc) is 2.69. The first-order valence-corrected chi connectivity index (χ1v) is 6.35. The lowest BCUT2D eigenvalue weighted by molar-refractivity contribution is -0.174. The molecule has 1 aliphatic rings. The van der Waals surface area contributed by atoms with Crippen LogP contribution in [0.15, 0.2) is 12.2 Å². The van der Waals surface area contributed by atoms with Crippen LogP contribution < -0.4 is 0 Å². The highest BCUT2D eigenvalue weighted by Gasteiger charge is 2.37. The van der Waals surface area contributed by atoms with Crippen LogP contribution in [0.3, 0.4) is 0 Å². The zero-order valence-electron chi connectivity index (χ0n) is 9.92. The molecule has 0 aromatic carbocycles. The summed E-state index contributed by atoms with van der Waals surface area (Å²) in [6.45, 7) is 2.48. The van der Waals surface area contributed by atoms with E-state index in [9.17, 15) is 14.4 Å². The van der Waals surface area contributed by atoms with Crippen LogP contribution in [-0.4, -0.2) is 41.5 Å². The molecule has 0 saturated carbocycles. The molecule has 1 aliphatic heterocycles. The predicted octanol–water partition coefficient (Wildman–Crippen LogP) is 0.726. The maximum atomic E-state index is 11.1. The molecule has 0 saturated heterocycles. The Morgan fingerprint density at radius 1 is 1.39 bits per heavy atom. The van der Waals surface area contributed by atoms with Crippen LogP contribution in [0.25, 0.3) is 0 Å². The number of alkyl halides is 1. The van der Waals surface area contributed by atoms with Crippen molar-refractivity contribution in [3.8, 4) is 0 Å². The van der Waals surface area contributed by atoms with Crippen LogP contribution in [0.4, 0.5) is 0 Å². The molecule has 7 heteroatoms. The molecule has 0 unspecified atom stereocenters. The van der Waals surface area contributed by atoms with Gasteiger partial charge >= 0.3 is 17.9 Å². The predicted molar refractivity (Wildman–Crippen MR) is 63.9 cm³/mol. The van der Waals surface area contributed by atoms with Crippen molar-refractivity contribution in [2.24, 2.45) is 0 Å². The van der Waals surface area contributed by atoms with Crippen LogP contribution in [0.5, 0.6) is 0 Å². The van der Waals surface area contributed by atoms with Gasteiger partial charge in [-0.1, -0.05) is 15.9 Å². The fourth-order valence-corrected chi connectivity index (χ4v) is 2.01. The Morgan fingerprint density at radius 2 is 2.00 bits per heavy atom. The van der Waals surface area contributed by atoms with Crippen molar-refractivity contribution in [2.45, 2.75) is 32.2 Å². The SMILES string of the molecule is CC(=O)O[C@H]([C@H]1C=CC(=O)O1)[C@@H](CBr)OC(C)=O. The van der Waals surface area contributed by atoms with E-state index in [-0.39, 0.29) is 5.33 Å². The molecule has 100 valence electrons. The largest absolute Gasteiger partial charge is 0.458 e. The standard InChI is InChI=1S/C11H13BrO6/c1-6(13)16-9(5-12)11(17-7(2)14)8-3-4-10(15)18-8/h3-4,8-9,11H,5H2,1-2H3/t8-,9-,11-/m1/s1. The van der Waals surface area contributed by atoms with E-state index >= 15 is 0 Å². The Bertz CT molecular complexity index is 378. The molecule has 0 spiro atoms. The van der Waals surface area contributed by atoms with Gasteiger partial charge in [0.2, 0.25) is 0 Å². The molecule has 6 nitrogen and oxygen atoms in total. The molecule has 1 rings (SSSR count).